The smallest absolute Gasteiger partial charge is 0.147 e. The molecule has 0 aromatic heterocycles. The number of nitrogens with zero attached hydrogens (tertiary/aromatic N) is 4. The van der Waals surface area contributed by atoms with E-state index in [9.17, 15) is 35.1 Å². The monoisotopic (exact) mass is 1950 g/mol. The quantitative estimate of drug-likeness (QED) is 0.0557. The summed E-state index contributed by atoms with van der Waals surface area (Å²) >= 11 is 0. The van der Waals surface area contributed by atoms with Gasteiger partial charge in [-0.25, -0.2) is 52.7 Å². The molecule has 0 heterocycles. The SMILES string of the molecule is Cc1ccc(F)c(N(c2cc(-c3cccc(F)c3)cc(-c3cccc(F)c3)c2)c2ccc3ccc4c(N(c5cc(-c6cccc(F)c6)cc(-c6cccc(F)c6)c5)c5cc(C)ccc5F)ccc5ccc2c3c54)c1.Cc1ccc(N(c2cc(-c3cccc(F)c3)cc(-c3cccc(F)c3)c2)c2ccc3ccc4c(N(c5cc(-c6cccc(F)c6)cc(-c6cccc(F)c6)c5)c5ccc(C)cc5F)ccc5ccc2c3c54)c(F)c1. The summed E-state index contributed by atoms with van der Waals surface area (Å²) in [4.78, 5) is 7.43. The Kier molecular flexibility index (Phi) is 24.3. The molecule has 0 fully saturated rings. The summed E-state index contributed by atoms with van der Waals surface area (Å²) in [5.41, 5.74) is 18.5. The van der Waals surface area contributed by atoms with Crippen molar-refractivity contribution < 1.29 is 52.7 Å². The molecule has 16 heteroatoms. The first kappa shape index (κ1) is 93.4. The van der Waals surface area contributed by atoms with E-state index in [1.165, 1.54) is 121 Å². The molecule has 0 radical (unpaired) electrons. The van der Waals surface area contributed by atoms with Crippen molar-refractivity contribution in [1.29, 1.82) is 0 Å². The molecule has 148 heavy (non-hydrogen) atoms. The molecule has 24 aromatic carbocycles. The number of anilines is 12. The van der Waals surface area contributed by atoms with Crippen molar-refractivity contribution in [2.75, 3.05) is 19.6 Å². The molecule has 0 saturated heterocycles. The van der Waals surface area contributed by atoms with Gasteiger partial charge in [0.05, 0.1) is 45.5 Å². The summed E-state index contributed by atoms with van der Waals surface area (Å²) in [6.07, 6.45) is 0. The van der Waals surface area contributed by atoms with Gasteiger partial charge in [-0.05, 0) is 425 Å². The Hall–Kier alpha value is -18.3. The fourth-order valence-electron chi connectivity index (χ4n) is 20.8. The highest BCUT2D eigenvalue weighted by molar-refractivity contribution is 6.30. The van der Waals surface area contributed by atoms with Gasteiger partial charge >= 0.3 is 0 Å². The molecular weight excluding hydrogens is 1870 g/mol. The lowest BCUT2D eigenvalue weighted by molar-refractivity contribution is 0.627. The summed E-state index contributed by atoms with van der Waals surface area (Å²) in [5, 5.41) is 10.1. The number of hydrogen-bond acceptors (Lipinski definition) is 4. The average molecular weight is 1950 g/mol. The van der Waals surface area contributed by atoms with Crippen LogP contribution in [0.1, 0.15) is 22.3 Å². The third kappa shape index (κ3) is 18.0. The van der Waals surface area contributed by atoms with Gasteiger partial charge in [-0.2, -0.15) is 0 Å². The van der Waals surface area contributed by atoms with Gasteiger partial charge in [0.15, 0.2) is 0 Å². The molecule has 0 saturated carbocycles. The molecule has 0 atom stereocenters. The lowest BCUT2D eigenvalue weighted by atomic mass is 9.91. The van der Waals surface area contributed by atoms with Crippen LogP contribution >= 0.6 is 0 Å². The second-order valence-corrected chi connectivity index (χ2v) is 37.5. The van der Waals surface area contributed by atoms with Gasteiger partial charge in [-0.15, -0.1) is 0 Å². The number of hydrogen-bond donors (Lipinski definition) is 0. The van der Waals surface area contributed by atoms with Crippen LogP contribution in [0.2, 0.25) is 0 Å². The van der Waals surface area contributed by atoms with E-state index in [4.69, 9.17) is 0 Å². The summed E-state index contributed by atoms with van der Waals surface area (Å²) in [6, 6.07) is 124. The highest BCUT2D eigenvalue weighted by Gasteiger charge is 2.31. The van der Waals surface area contributed by atoms with Crippen molar-refractivity contribution in [2.45, 2.75) is 27.7 Å². The molecule has 24 aromatic rings. The molecule has 0 aliphatic rings. The highest BCUT2D eigenvalue weighted by atomic mass is 19.2. The molecule has 0 N–H and O–H groups in total. The van der Waals surface area contributed by atoms with Crippen LogP contribution in [0.15, 0.2) is 437 Å². The van der Waals surface area contributed by atoms with Crippen LogP contribution in [0.25, 0.3) is 154 Å². The Balaban J connectivity index is 0.000000163. The van der Waals surface area contributed by atoms with Crippen LogP contribution in [-0.4, -0.2) is 0 Å². The maximum absolute atomic E-state index is 16.8. The number of benzene rings is 24. The maximum atomic E-state index is 16.8. The Morgan fingerprint density at radius 1 is 0.135 bits per heavy atom. The molecule has 0 unspecified atom stereocenters. The van der Waals surface area contributed by atoms with Gasteiger partial charge < -0.3 is 19.6 Å². The Morgan fingerprint density at radius 3 is 0.520 bits per heavy atom. The predicted octanol–water partition coefficient (Wildman–Crippen LogP) is 39.3. The number of aryl methyl sites for hydroxylation is 4. The van der Waals surface area contributed by atoms with E-state index < -0.39 is 69.8 Å². The lowest BCUT2D eigenvalue weighted by Crippen LogP contribution is -2.14. The Bertz CT molecular complexity index is 8610. The standard InChI is InChI=1S/2C66H42F6N2/c1-39-15-23-63(59(71)27-39)73(55-35-47(43-7-3-11-51(67)31-43)29-48(36-55)44-8-4-12-52(68)32-44)61-25-19-41-18-22-58-62(26-20-42-17-21-57(61)65(41)66(42)58)74(64-24-16-40(2)28-60(64)72)56-37-49(45-9-5-13-53(69)33-45)30-50(38-56)46-10-6-14-54(70)34-46;1-39-15-23-59(71)63(27-39)73(55-35-47(43-7-3-11-51(67)31-43)29-48(36-55)44-8-4-12-52(68)32-44)61-25-19-41-18-22-58-62(26-20-42-17-21-57(61)65(41)66(42)58)74(64-28-40(2)16-24-60(64)72)56-37-49(45-9-5-13-53(69)33-45)30-50(38-56)46-10-6-14-54(70)34-46/h2*3-38H,1-2H3. The van der Waals surface area contributed by atoms with E-state index in [0.29, 0.717) is 135 Å². The lowest BCUT2D eigenvalue weighted by Gasteiger charge is -2.30. The summed E-state index contributed by atoms with van der Waals surface area (Å²) in [5.74, 6) is -5.35. The fraction of sp³-hybridized carbons (Fsp3) is 0.0303. The summed E-state index contributed by atoms with van der Waals surface area (Å²) in [6.45, 7) is 7.43. The summed E-state index contributed by atoms with van der Waals surface area (Å²) < 4.78 is 187. The zero-order valence-electron chi connectivity index (χ0n) is 79.9. The first-order valence-electron chi connectivity index (χ1n) is 48.2. The minimum absolute atomic E-state index is 0.251. The van der Waals surface area contributed by atoms with Crippen molar-refractivity contribution in [1.82, 2.24) is 0 Å². The molecular formula is C132H84F12N4. The zero-order valence-corrected chi connectivity index (χ0v) is 79.9. The van der Waals surface area contributed by atoms with Gasteiger partial charge in [0.25, 0.3) is 0 Å². The van der Waals surface area contributed by atoms with E-state index >= 15 is 17.6 Å². The zero-order chi connectivity index (χ0) is 102. The van der Waals surface area contributed by atoms with E-state index in [0.717, 1.165) is 86.9 Å². The first-order chi connectivity index (χ1) is 71.8. The molecule has 0 amide bonds. The maximum Gasteiger partial charge on any atom is 0.147 e. The normalized spacial score (nSPS) is 11.5. The molecule has 24 rings (SSSR count). The topological polar surface area (TPSA) is 13.0 Å². The average Bonchev–Trinajstić information content (AvgIpc) is 0.718. The van der Waals surface area contributed by atoms with Crippen LogP contribution in [-0.2, 0) is 0 Å². The van der Waals surface area contributed by atoms with Gasteiger partial charge in [-0.3, -0.25) is 0 Å². The molecule has 0 aliphatic carbocycles. The Morgan fingerprint density at radius 2 is 0.318 bits per heavy atom. The second-order valence-electron chi connectivity index (χ2n) is 37.5. The van der Waals surface area contributed by atoms with Crippen LogP contribution in [0, 0.1) is 97.5 Å². The molecule has 4 nitrogen and oxygen atoms in total. The van der Waals surface area contributed by atoms with E-state index in [1.807, 2.05) is 229 Å². The van der Waals surface area contributed by atoms with Gasteiger partial charge in [-0.1, -0.05) is 194 Å². The van der Waals surface area contributed by atoms with Crippen molar-refractivity contribution in [3.8, 4) is 89.0 Å². The van der Waals surface area contributed by atoms with Crippen molar-refractivity contribution in [3.05, 3.63) is 529 Å². The van der Waals surface area contributed by atoms with Crippen molar-refractivity contribution in [3.63, 3.8) is 0 Å². The Labute approximate surface area is 845 Å². The van der Waals surface area contributed by atoms with Crippen molar-refractivity contribution in [2.24, 2.45) is 0 Å². The van der Waals surface area contributed by atoms with Gasteiger partial charge in [0, 0.05) is 44.3 Å². The molecule has 716 valence electrons. The van der Waals surface area contributed by atoms with E-state index in [1.54, 1.807) is 133 Å². The number of halogens is 12. The van der Waals surface area contributed by atoms with E-state index in [-0.39, 0.29) is 22.7 Å². The van der Waals surface area contributed by atoms with Crippen molar-refractivity contribution >= 4 is 133 Å². The third-order valence-corrected chi connectivity index (χ3v) is 27.5. The first-order valence-corrected chi connectivity index (χ1v) is 48.2. The van der Waals surface area contributed by atoms with E-state index in [2.05, 4.69) is 0 Å². The fourth-order valence-corrected chi connectivity index (χ4v) is 20.8. The van der Waals surface area contributed by atoms with Crippen LogP contribution < -0.4 is 19.6 Å². The second kappa shape index (κ2) is 38.4. The molecule has 0 aliphatic heterocycles. The van der Waals surface area contributed by atoms with Gasteiger partial charge in [0.2, 0.25) is 0 Å². The van der Waals surface area contributed by atoms with Crippen LogP contribution in [0.4, 0.5) is 121 Å². The van der Waals surface area contributed by atoms with Crippen LogP contribution in [0.3, 0.4) is 0 Å². The largest absolute Gasteiger partial charge is 0.307 e. The molecule has 0 spiro atoms. The van der Waals surface area contributed by atoms with Gasteiger partial charge in [0.1, 0.15) is 69.8 Å². The predicted molar refractivity (Wildman–Crippen MR) is 581 cm³/mol. The third-order valence-electron chi connectivity index (χ3n) is 27.5. The summed E-state index contributed by atoms with van der Waals surface area (Å²) in [7, 11) is 0. The molecule has 0 bridgehead atoms. The minimum atomic E-state index is -0.485. The van der Waals surface area contributed by atoms with Crippen LogP contribution in [0.5, 0.6) is 0 Å². The minimum Gasteiger partial charge on any atom is -0.307 e. The number of rotatable bonds is 20. The highest BCUT2D eigenvalue weighted by Crippen LogP contribution is 2.55.